The average molecular weight is 898 g/mol. The minimum atomic E-state index is -4.25. The number of aliphatic hydroxyl groups excluding tert-OH is 1. The second kappa shape index (κ2) is 23.4. The van der Waals surface area contributed by atoms with Crippen LogP contribution in [0.15, 0.2) is 14.3 Å². The van der Waals surface area contributed by atoms with Crippen molar-refractivity contribution in [3.05, 3.63) is 0 Å². The molecule has 0 spiro atoms. The summed E-state index contributed by atoms with van der Waals surface area (Å²) < 4.78 is 110. The van der Waals surface area contributed by atoms with Crippen LogP contribution in [0.25, 0.3) is 0 Å². The number of rotatable bonds is 27. The van der Waals surface area contributed by atoms with Gasteiger partial charge in [0.1, 0.15) is 0 Å². The molecule has 3 aliphatic heterocycles. The van der Waals surface area contributed by atoms with Gasteiger partial charge in [-0.15, -0.1) is 14.3 Å². The topological polar surface area (TPSA) is 239 Å². The first-order valence-corrected chi connectivity index (χ1v) is 24.8. The first-order chi connectivity index (χ1) is 26.8. The van der Waals surface area contributed by atoms with E-state index in [1.807, 2.05) is 33.7 Å². The third-order valence-corrected chi connectivity index (χ3v) is 13.8. The standard InChI is InChI=1S/C30H63N9O14P4/c1-27(2)53-57(44,45)52-26-12-25-51-56(43,33-30-38(7)17-18-39(30)8)50-24-11-23-49-55(42,32-29-36(5)15-16-37(29)6)48-22-10-21-47-54(41,46-20-9-19-40)31-28-34(3)13-14-35(28)4/h27,40H,9-26H2,1-8H3,(H,44,45). The molecule has 3 rings (SSSR count). The maximum absolute atomic E-state index is 14.0. The van der Waals surface area contributed by atoms with Crippen LogP contribution >= 0.6 is 31.1 Å². The van der Waals surface area contributed by atoms with Crippen LogP contribution in [0.2, 0.25) is 0 Å². The summed E-state index contributed by atoms with van der Waals surface area (Å²) in [7, 11) is -5.66. The highest BCUT2D eigenvalue weighted by atomic mass is 31.2. The van der Waals surface area contributed by atoms with E-state index in [0.717, 1.165) is 0 Å². The zero-order valence-electron chi connectivity index (χ0n) is 34.4. The molecule has 3 saturated heterocycles. The van der Waals surface area contributed by atoms with E-state index < -0.39 is 37.2 Å². The van der Waals surface area contributed by atoms with Crippen LogP contribution in [0, 0.1) is 0 Å². The summed E-state index contributed by atoms with van der Waals surface area (Å²) in [4.78, 5) is 20.7. The zero-order chi connectivity index (χ0) is 42.3. The molecule has 0 saturated carbocycles. The van der Waals surface area contributed by atoms with Gasteiger partial charge in [-0.25, -0.2) is 18.3 Å². The molecule has 0 aromatic rings. The Balaban J connectivity index is 1.61. The minimum absolute atomic E-state index is 0.0267. The van der Waals surface area contributed by atoms with E-state index in [1.165, 1.54) is 0 Å². The molecule has 0 bridgehead atoms. The van der Waals surface area contributed by atoms with Crippen molar-refractivity contribution in [2.45, 2.75) is 45.6 Å². The smallest absolute Gasteiger partial charge is 0.396 e. The lowest BCUT2D eigenvalue weighted by atomic mass is 10.5. The summed E-state index contributed by atoms with van der Waals surface area (Å²) in [6.07, 6.45) is 0.0394. The SMILES string of the molecule is CC(C)OP(=O)(O)OCCCOP(=O)(N=C1N(C)CCN1C)OCCCOP(=O)(N=C1N(C)CCN1C)OCCCOP(=O)(N=C1N(C)CCN1C)OCCCO. The van der Waals surface area contributed by atoms with Crippen LogP contribution in [0.3, 0.4) is 0 Å². The van der Waals surface area contributed by atoms with Crippen LogP contribution in [0.1, 0.15) is 39.5 Å². The molecule has 0 amide bonds. The third-order valence-electron chi connectivity index (χ3n) is 8.29. The maximum Gasteiger partial charge on any atom is 0.472 e. The Morgan fingerprint density at radius 1 is 0.491 bits per heavy atom. The van der Waals surface area contributed by atoms with E-state index in [9.17, 15) is 28.3 Å². The molecule has 4 atom stereocenters. The van der Waals surface area contributed by atoms with Crippen molar-refractivity contribution in [1.82, 2.24) is 29.4 Å². The zero-order valence-corrected chi connectivity index (χ0v) is 38.0. The Morgan fingerprint density at radius 3 is 0.982 bits per heavy atom. The van der Waals surface area contributed by atoms with Crippen LogP contribution in [0.5, 0.6) is 0 Å². The molecule has 0 radical (unpaired) electrons. The highest BCUT2D eigenvalue weighted by molar-refractivity contribution is 7.53. The second-order valence-corrected chi connectivity index (χ2v) is 20.1. The van der Waals surface area contributed by atoms with E-state index in [4.69, 9.17) is 36.2 Å². The van der Waals surface area contributed by atoms with Crippen LogP contribution in [-0.2, 0) is 54.5 Å². The van der Waals surface area contributed by atoms with Gasteiger partial charge in [-0.05, 0) is 39.5 Å². The van der Waals surface area contributed by atoms with Crippen LogP contribution in [0.4, 0.5) is 0 Å². The molecule has 3 fully saturated rings. The molecule has 57 heavy (non-hydrogen) atoms. The fourth-order valence-electron chi connectivity index (χ4n) is 5.24. The predicted octanol–water partition coefficient (Wildman–Crippen LogP) is 3.20. The first kappa shape index (κ1) is 49.7. The number of likely N-dealkylation sites (N-methyl/N-ethyl adjacent to an activating group) is 6. The molecule has 332 valence electrons. The number of phosphoric acid groups is 1. The maximum atomic E-state index is 14.0. The van der Waals surface area contributed by atoms with E-state index in [1.54, 1.807) is 51.8 Å². The number of nitrogens with zero attached hydrogens (tertiary/aromatic N) is 9. The van der Waals surface area contributed by atoms with Crippen molar-refractivity contribution in [3.8, 4) is 0 Å². The quantitative estimate of drug-likeness (QED) is 0.0889. The van der Waals surface area contributed by atoms with Gasteiger partial charge in [-0.1, -0.05) is 0 Å². The van der Waals surface area contributed by atoms with Crippen molar-refractivity contribution in [2.24, 2.45) is 14.3 Å². The van der Waals surface area contributed by atoms with Gasteiger partial charge in [0.15, 0.2) is 0 Å². The second-order valence-electron chi connectivity index (χ2n) is 13.7. The summed E-state index contributed by atoms with van der Waals surface area (Å²) in [6.45, 7) is 6.00. The summed E-state index contributed by atoms with van der Waals surface area (Å²) in [6, 6.07) is 0. The molecule has 0 aromatic carbocycles. The molecule has 2 N–H and O–H groups in total. The van der Waals surface area contributed by atoms with Gasteiger partial charge >= 0.3 is 31.1 Å². The van der Waals surface area contributed by atoms with Crippen LogP contribution in [-0.4, -0.2) is 198 Å². The fourth-order valence-corrected chi connectivity index (χ4v) is 10.5. The van der Waals surface area contributed by atoms with Crippen LogP contribution < -0.4 is 0 Å². The molecule has 0 aliphatic carbocycles. The van der Waals surface area contributed by atoms with Gasteiger partial charge in [-0.2, -0.15) is 0 Å². The summed E-state index contributed by atoms with van der Waals surface area (Å²) in [5, 5.41) is 9.18. The largest absolute Gasteiger partial charge is 0.472 e. The van der Waals surface area contributed by atoms with Crippen molar-refractivity contribution >= 4 is 48.9 Å². The molecule has 0 aromatic heterocycles. The normalized spacial score (nSPS) is 20.7. The number of hydrogen-bond donors (Lipinski definition) is 2. The Morgan fingerprint density at radius 2 is 0.737 bits per heavy atom. The lowest BCUT2D eigenvalue weighted by Gasteiger charge is -2.21. The van der Waals surface area contributed by atoms with Gasteiger partial charge in [0.25, 0.3) is 0 Å². The molecule has 23 nitrogen and oxygen atoms in total. The monoisotopic (exact) mass is 897 g/mol. The molecular formula is C30H63N9O14P4. The highest BCUT2D eigenvalue weighted by Gasteiger charge is 2.34. The molecule has 27 heteroatoms. The molecular weight excluding hydrogens is 834 g/mol. The molecule has 4 unspecified atom stereocenters. The van der Waals surface area contributed by atoms with E-state index in [0.29, 0.717) is 57.1 Å². The molecule has 3 aliphatic rings. The van der Waals surface area contributed by atoms with Gasteiger partial charge in [0, 0.05) is 88.2 Å². The Kier molecular flexibility index (Phi) is 20.4. The lowest BCUT2D eigenvalue weighted by molar-refractivity contribution is 0.114. The fraction of sp³-hybridized carbons (Fsp3) is 0.900. The number of hydrogen-bond acceptors (Lipinski definition) is 13. The summed E-state index contributed by atoms with van der Waals surface area (Å²) in [5.74, 6) is 1.26. The highest BCUT2D eigenvalue weighted by Crippen LogP contribution is 2.54. The van der Waals surface area contributed by atoms with E-state index >= 15 is 0 Å². The summed E-state index contributed by atoms with van der Waals surface area (Å²) >= 11 is 0. The Bertz CT molecular complexity index is 1520. The minimum Gasteiger partial charge on any atom is -0.396 e. The van der Waals surface area contributed by atoms with Crippen molar-refractivity contribution in [2.75, 3.05) is 134 Å². The Hall–Kier alpha value is -1.67. The Labute approximate surface area is 336 Å². The summed E-state index contributed by atoms with van der Waals surface area (Å²) in [5.41, 5.74) is 0. The number of guanidine groups is 3. The predicted molar refractivity (Wildman–Crippen MR) is 214 cm³/mol. The van der Waals surface area contributed by atoms with Gasteiger partial charge in [0.2, 0.25) is 17.9 Å². The lowest BCUT2D eigenvalue weighted by Crippen LogP contribution is -2.28. The van der Waals surface area contributed by atoms with Gasteiger partial charge < -0.3 is 39.4 Å². The number of phosphoric ester groups is 1. The van der Waals surface area contributed by atoms with Gasteiger partial charge in [0.05, 0.1) is 52.4 Å². The van der Waals surface area contributed by atoms with E-state index in [2.05, 4.69) is 14.3 Å². The third kappa shape index (κ3) is 17.1. The first-order valence-electron chi connectivity index (χ1n) is 18.8. The average Bonchev–Trinajstić information content (AvgIpc) is 3.73. The molecule has 3 heterocycles. The van der Waals surface area contributed by atoms with E-state index in [-0.39, 0.29) is 78.5 Å². The van der Waals surface area contributed by atoms with Crippen molar-refractivity contribution in [3.63, 3.8) is 0 Å². The van der Waals surface area contributed by atoms with Crippen molar-refractivity contribution in [1.29, 1.82) is 0 Å². The number of aliphatic hydroxyl groups is 1. The van der Waals surface area contributed by atoms with Crippen molar-refractivity contribution < 1.29 is 64.5 Å². The van der Waals surface area contributed by atoms with Gasteiger partial charge in [-0.3, -0.25) is 36.2 Å².